The van der Waals surface area contributed by atoms with Crippen molar-refractivity contribution >= 4 is 27.8 Å². The van der Waals surface area contributed by atoms with Gasteiger partial charge >= 0.3 is 5.97 Å². The van der Waals surface area contributed by atoms with Gasteiger partial charge in [0.2, 0.25) is 5.91 Å². The number of nitrogens with one attached hydrogen (secondary N) is 1. The van der Waals surface area contributed by atoms with Gasteiger partial charge in [-0.2, -0.15) is 0 Å². The highest BCUT2D eigenvalue weighted by molar-refractivity contribution is 9.10. The number of amides is 1. The number of hydrogen-bond donors (Lipinski definition) is 2. The van der Waals surface area contributed by atoms with Gasteiger partial charge in [-0.1, -0.05) is 15.9 Å². The van der Waals surface area contributed by atoms with Gasteiger partial charge in [-0.3, -0.25) is 9.78 Å². The van der Waals surface area contributed by atoms with E-state index in [2.05, 4.69) is 26.2 Å². The van der Waals surface area contributed by atoms with Crippen LogP contribution < -0.4 is 5.32 Å². The zero-order valence-corrected chi connectivity index (χ0v) is 10.2. The van der Waals surface area contributed by atoms with E-state index in [-0.39, 0.29) is 12.3 Å². The Morgan fingerprint density at radius 2 is 2.31 bits per heavy atom. The summed E-state index contributed by atoms with van der Waals surface area (Å²) in [6, 6.07) is 2.52. The molecule has 6 heteroatoms. The van der Waals surface area contributed by atoms with Crippen molar-refractivity contribution < 1.29 is 14.7 Å². The fraction of sp³-hybridized carbons (Fsp3) is 0.300. The third-order valence-corrected chi connectivity index (χ3v) is 2.36. The fourth-order valence-corrected chi connectivity index (χ4v) is 1.60. The molecule has 0 radical (unpaired) electrons. The van der Waals surface area contributed by atoms with Crippen LogP contribution in [-0.2, 0) is 16.0 Å². The molecule has 0 spiro atoms. The lowest BCUT2D eigenvalue weighted by Crippen LogP contribution is -2.41. The molecule has 0 aliphatic heterocycles. The van der Waals surface area contributed by atoms with Crippen LogP contribution in [0.25, 0.3) is 0 Å². The van der Waals surface area contributed by atoms with Crippen LogP contribution in [0.5, 0.6) is 0 Å². The molecule has 0 saturated heterocycles. The Labute approximate surface area is 101 Å². The summed E-state index contributed by atoms with van der Waals surface area (Å²) in [5.41, 5.74) is 0.607. The maximum atomic E-state index is 10.9. The third-order valence-electron chi connectivity index (χ3n) is 1.87. The molecule has 0 aliphatic rings. The quantitative estimate of drug-likeness (QED) is 0.865. The van der Waals surface area contributed by atoms with Crippen LogP contribution in [0.2, 0.25) is 0 Å². The van der Waals surface area contributed by atoms with Crippen LogP contribution in [0.4, 0.5) is 0 Å². The average molecular weight is 287 g/mol. The summed E-state index contributed by atoms with van der Waals surface area (Å²) < 4.78 is 0.824. The average Bonchev–Trinajstić information content (AvgIpc) is 2.15. The summed E-state index contributed by atoms with van der Waals surface area (Å²) in [7, 11) is 0. The van der Waals surface area contributed by atoms with E-state index in [9.17, 15) is 9.59 Å². The van der Waals surface area contributed by atoms with E-state index < -0.39 is 12.0 Å². The predicted octanol–water partition coefficient (Wildman–Crippen LogP) is 0.976. The van der Waals surface area contributed by atoms with Gasteiger partial charge in [0.1, 0.15) is 6.04 Å². The topological polar surface area (TPSA) is 79.3 Å². The Morgan fingerprint density at radius 1 is 1.62 bits per heavy atom. The minimum Gasteiger partial charge on any atom is -0.480 e. The van der Waals surface area contributed by atoms with E-state index in [1.54, 1.807) is 18.3 Å². The molecule has 16 heavy (non-hydrogen) atoms. The van der Waals surface area contributed by atoms with Gasteiger partial charge in [0.15, 0.2) is 0 Å². The molecule has 0 aromatic carbocycles. The smallest absolute Gasteiger partial charge is 0.326 e. The number of aromatic nitrogens is 1. The number of aliphatic carboxylic acids is 1. The molecule has 1 rings (SSSR count). The molecule has 1 atom stereocenters. The van der Waals surface area contributed by atoms with Crippen molar-refractivity contribution in [3.63, 3.8) is 0 Å². The lowest BCUT2D eigenvalue weighted by Gasteiger charge is -2.12. The summed E-state index contributed by atoms with van der Waals surface area (Å²) in [5, 5.41) is 11.3. The lowest BCUT2D eigenvalue weighted by molar-refractivity contribution is -0.141. The highest BCUT2D eigenvalue weighted by Crippen LogP contribution is 2.10. The standard InChI is InChI=1S/C10H11BrN2O3/c1-6(14)13-9(10(15)16)5-8-4-7(11)2-3-12-8/h2-4,9H,5H2,1H3,(H,13,14)(H,15,16)/t9-/m0/s1. The van der Waals surface area contributed by atoms with Gasteiger partial charge in [-0.25, -0.2) is 4.79 Å². The largest absolute Gasteiger partial charge is 0.480 e. The first-order valence-electron chi connectivity index (χ1n) is 4.59. The maximum absolute atomic E-state index is 10.9. The van der Waals surface area contributed by atoms with Gasteiger partial charge in [0.05, 0.1) is 0 Å². The molecule has 86 valence electrons. The number of carbonyl (C=O) groups excluding carboxylic acids is 1. The van der Waals surface area contributed by atoms with Gasteiger partial charge in [-0.15, -0.1) is 0 Å². The van der Waals surface area contributed by atoms with Crippen molar-refractivity contribution in [2.45, 2.75) is 19.4 Å². The zero-order chi connectivity index (χ0) is 12.1. The molecule has 1 amide bonds. The van der Waals surface area contributed by atoms with Gasteiger partial charge in [0.25, 0.3) is 0 Å². The van der Waals surface area contributed by atoms with Crippen molar-refractivity contribution in [3.8, 4) is 0 Å². The molecule has 1 aromatic heterocycles. The van der Waals surface area contributed by atoms with Crippen LogP contribution >= 0.6 is 15.9 Å². The van der Waals surface area contributed by atoms with Crippen LogP contribution in [-0.4, -0.2) is 28.0 Å². The number of pyridine rings is 1. The molecular formula is C10H11BrN2O3. The second-order valence-electron chi connectivity index (χ2n) is 3.26. The number of carboxylic acids is 1. The second kappa shape index (κ2) is 5.60. The van der Waals surface area contributed by atoms with Gasteiger partial charge < -0.3 is 10.4 Å². The van der Waals surface area contributed by atoms with E-state index in [4.69, 9.17) is 5.11 Å². The first kappa shape index (κ1) is 12.6. The first-order chi connectivity index (χ1) is 7.49. The SMILES string of the molecule is CC(=O)N[C@@H](Cc1cc(Br)ccn1)C(=O)O. The highest BCUT2D eigenvalue weighted by atomic mass is 79.9. The monoisotopic (exact) mass is 286 g/mol. The summed E-state index contributed by atoms with van der Waals surface area (Å²) in [6.07, 6.45) is 1.74. The molecule has 2 N–H and O–H groups in total. The van der Waals surface area contributed by atoms with E-state index in [1.807, 2.05) is 0 Å². The molecule has 0 aliphatic carbocycles. The lowest BCUT2D eigenvalue weighted by atomic mass is 10.1. The van der Waals surface area contributed by atoms with Crippen molar-refractivity contribution in [1.82, 2.24) is 10.3 Å². The molecule has 1 aromatic rings. The fourth-order valence-electron chi connectivity index (χ4n) is 1.21. The number of hydrogen-bond acceptors (Lipinski definition) is 3. The molecule has 0 bridgehead atoms. The predicted molar refractivity (Wildman–Crippen MR) is 60.9 cm³/mol. The maximum Gasteiger partial charge on any atom is 0.326 e. The van der Waals surface area contributed by atoms with E-state index in [1.165, 1.54) is 6.92 Å². The van der Waals surface area contributed by atoms with Crippen LogP contribution in [0.15, 0.2) is 22.8 Å². The number of nitrogens with zero attached hydrogens (tertiary/aromatic N) is 1. The molecule has 5 nitrogen and oxygen atoms in total. The van der Waals surface area contributed by atoms with Crippen molar-refractivity contribution in [1.29, 1.82) is 0 Å². The molecular weight excluding hydrogens is 276 g/mol. The normalized spacial score (nSPS) is 11.9. The summed E-state index contributed by atoms with van der Waals surface area (Å²) in [6.45, 7) is 1.28. The van der Waals surface area contributed by atoms with E-state index >= 15 is 0 Å². The number of halogens is 1. The molecule has 0 unspecified atom stereocenters. The number of rotatable bonds is 4. The summed E-state index contributed by atoms with van der Waals surface area (Å²) in [5.74, 6) is -1.45. The minimum atomic E-state index is -1.07. The zero-order valence-electron chi connectivity index (χ0n) is 8.61. The van der Waals surface area contributed by atoms with Gasteiger partial charge in [-0.05, 0) is 12.1 Å². The van der Waals surface area contributed by atoms with Crippen LogP contribution in [0.1, 0.15) is 12.6 Å². The highest BCUT2D eigenvalue weighted by Gasteiger charge is 2.19. The Hall–Kier alpha value is -1.43. The number of carboxylic acid groups (broad SMARTS) is 1. The minimum absolute atomic E-state index is 0.161. The number of carbonyl (C=O) groups is 2. The van der Waals surface area contributed by atoms with E-state index in [0.717, 1.165) is 4.47 Å². The van der Waals surface area contributed by atoms with E-state index in [0.29, 0.717) is 5.69 Å². The summed E-state index contributed by atoms with van der Waals surface area (Å²) >= 11 is 3.27. The van der Waals surface area contributed by atoms with Crippen molar-refractivity contribution in [2.75, 3.05) is 0 Å². The summed E-state index contributed by atoms with van der Waals surface area (Å²) in [4.78, 5) is 25.7. The van der Waals surface area contributed by atoms with Gasteiger partial charge in [0, 0.05) is 29.7 Å². The second-order valence-corrected chi connectivity index (χ2v) is 4.18. The van der Waals surface area contributed by atoms with Crippen molar-refractivity contribution in [2.24, 2.45) is 0 Å². The molecule has 0 saturated carbocycles. The van der Waals surface area contributed by atoms with Crippen LogP contribution in [0.3, 0.4) is 0 Å². The Kier molecular flexibility index (Phi) is 4.42. The molecule has 1 heterocycles. The molecule has 0 fully saturated rings. The Balaban J connectivity index is 2.75. The third kappa shape index (κ3) is 3.98. The first-order valence-corrected chi connectivity index (χ1v) is 5.38. The van der Waals surface area contributed by atoms with Crippen LogP contribution in [0, 0.1) is 0 Å². The Morgan fingerprint density at radius 3 is 2.81 bits per heavy atom. The van der Waals surface area contributed by atoms with Crippen molar-refractivity contribution in [3.05, 3.63) is 28.5 Å². The Bertz CT molecular complexity index is 409.